The van der Waals surface area contributed by atoms with Crippen molar-refractivity contribution in [3.8, 4) is 17.2 Å². The Morgan fingerprint density at radius 1 is 0.940 bits per heavy atom. The van der Waals surface area contributed by atoms with Crippen LogP contribution in [0.5, 0.6) is 17.2 Å². The van der Waals surface area contributed by atoms with Crippen molar-refractivity contribution < 1.29 is 51.7 Å². The summed E-state index contributed by atoms with van der Waals surface area (Å²) in [6.45, 7) is 1.54. The zero-order chi connectivity index (χ0) is 35.9. The zero-order valence-corrected chi connectivity index (χ0v) is 27.0. The Hall–Kier alpha value is -4.91. The second kappa shape index (κ2) is 11.9. The van der Waals surface area contributed by atoms with Gasteiger partial charge in [-0.15, -0.1) is 13.2 Å². The summed E-state index contributed by atoms with van der Waals surface area (Å²) >= 11 is 6.01. The average molecular weight is 713 g/mol. The molecule has 9 nitrogen and oxygen atoms in total. The van der Waals surface area contributed by atoms with E-state index in [4.69, 9.17) is 11.6 Å². The van der Waals surface area contributed by atoms with E-state index in [0.29, 0.717) is 12.0 Å². The fourth-order valence-electron chi connectivity index (χ4n) is 8.38. The third kappa shape index (κ3) is 5.29. The van der Waals surface area contributed by atoms with Gasteiger partial charge in [0.05, 0.1) is 33.9 Å². The van der Waals surface area contributed by atoms with Crippen molar-refractivity contribution in [3.63, 3.8) is 0 Å². The summed E-state index contributed by atoms with van der Waals surface area (Å²) < 4.78 is 58.2. The summed E-state index contributed by atoms with van der Waals surface area (Å²) in [7, 11) is 0. The number of fused-ring (bicyclic) bond motifs is 4. The van der Waals surface area contributed by atoms with Crippen LogP contribution in [-0.2, 0) is 25.6 Å². The molecular weight excluding hydrogens is 684 g/mol. The second-order valence-electron chi connectivity index (χ2n) is 13.3. The van der Waals surface area contributed by atoms with Gasteiger partial charge in [0.1, 0.15) is 23.1 Å². The van der Waals surface area contributed by atoms with E-state index in [-0.39, 0.29) is 41.4 Å². The fraction of sp³-hybridized carbons (Fsp3) is 0.333. The van der Waals surface area contributed by atoms with Crippen molar-refractivity contribution >= 4 is 40.9 Å². The molecule has 50 heavy (non-hydrogen) atoms. The SMILES string of the molecule is C[C@@]12C(=O)N(c3ccc(F)c(Cl)c3)C(=O)[C@@H]1C[C@@H]1C(=CC[C@@H]3C(=O)N(CCc4ccc(O)cc4)C(=O)[C@@H]31)[C@@H]2c1cc(OC(F)(F)F)ccc1O. The molecule has 2 saturated heterocycles. The summed E-state index contributed by atoms with van der Waals surface area (Å²) in [6, 6.07) is 12.5. The van der Waals surface area contributed by atoms with Crippen molar-refractivity contribution in [2.75, 3.05) is 11.4 Å². The quantitative estimate of drug-likeness (QED) is 0.176. The number of anilines is 1. The minimum absolute atomic E-state index is 0.0264. The molecule has 4 amide bonds. The smallest absolute Gasteiger partial charge is 0.508 e. The van der Waals surface area contributed by atoms with Gasteiger partial charge in [-0.05, 0) is 86.2 Å². The molecule has 1 saturated carbocycles. The first kappa shape index (κ1) is 33.6. The monoisotopic (exact) mass is 712 g/mol. The van der Waals surface area contributed by atoms with Crippen LogP contribution in [0.1, 0.15) is 36.8 Å². The van der Waals surface area contributed by atoms with Gasteiger partial charge in [0.2, 0.25) is 23.6 Å². The molecule has 2 heterocycles. The molecule has 0 spiro atoms. The van der Waals surface area contributed by atoms with Gasteiger partial charge in [-0.2, -0.15) is 0 Å². The number of ether oxygens (including phenoxy) is 1. The Balaban J connectivity index is 1.32. The number of imide groups is 2. The van der Waals surface area contributed by atoms with Crippen LogP contribution in [0.2, 0.25) is 5.02 Å². The number of benzene rings is 3. The Morgan fingerprint density at radius 2 is 1.66 bits per heavy atom. The van der Waals surface area contributed by atoms with E-state index in [2.05, 4.69) is 4.74 Å². The first-order valence-corrected chi connectivity index (χ1v) is 16.2. The number of carbonyl (C=O) groups is 4. The minimum Gasteiger partial charge on any atom is -0.508 e. The highest BCUT2D eigenvalue weighted by Gasteiger charge is 2.68. The van der Waals surface area contributed by atoms with E-state index in [1.807, 2.05) is 0 Å². The van der Waals surface area contributed by atoms with E-state index in [1.54, 1.807) is 18.2 Å². The van der Waals surface area contributed by atoms with Crippen LogP contribution in [0.15, 0.2) is 72.3 Å². The van der Waals surface area contributed by atoms with Gasteiger partial charge in [-0.25, -0.2) is 9.29 Å². The molecule has 2 N–H and O–H groups in total. The van der Waals surface area contributed by atoms with Gasteiger partial charge in [0.25, 0.3) is 0 Å². The topological polar surface area (TPSA) is 124 Å². The highest BCUT2D eigenvalue weighted by atomic mass is 35.5. The number of aromatic hydroxyl groups is 2. The van der Waals surface area contributed by atoms with Crippen LogP contribution < -0.4 is 9.64 Å². The van der Waals surface area contributed by atoms with Gasteiger partial charge >= 0.3 is 6.36 Å². The van der Waals surface area contributed by atoms with Crippen LogP contribution in [0.4, 0.5) is 23.2 Å². The van der Waals surface area contributed by atoms with Crippen molar-refractivity contribution in [1.29, 1.82) is 0 Å². The highest BCUT2D eigenvalue weighted by Crippen LogP contribution is 2.64. The van der Waals surface area contributed by atoms with Crippen LogP contribution >= 0.6 is 11.6 Å². The Bertz CT molecular complexity index is 1980. The molecule has 260 valence electrons. The maximum Gasteiger partial charge on any atom is 0.573 e. The number of nitrogens with zero attached hydrogens (tertiary/aromatic N) is 2. The minimum atomic E-state index is -5.08. The van der Waals surface area contributed by atoms with E-state index in [1.165, 1.54) is 30.0 Å². The van der Waals surface area contributed by atoms with Gasteiger partial charge in [-0.3, -0.25) is 24.1 Å². The van der Waals surface area contributed by atoms with Crippen molar-refractivity contribution in [1.82, 2.24) is 4.90 Å². The predicted molar refractivity (Wildman–Crippen MR) is 169 cm³/mol. The number of allylic oxidation sites excluding steroid dienone is 2. The summed E-state index contributed by atoms with van der Waals surface area (Å²) in [6.07, 6.45) is -3.05. The van der Waals surface area contributed by atoms with Crippen LogP contribution in [0, 0.1) is 34.9 Å². The van der Waals surface area contributed by atoms with Gasteiger partial charge in [-0.1, -0.05) is 35.4 Å². The molecule has 4 aliphatic rings. The van der Waals surface area contributed by atoms with Crippen LogP contribution in [-0.4, -0.2) is 51.6 Å². The summed E-state index contributed by atoms with van der Waals surface area (Å²) in [5, 5.41) is 20.4. The molecule has 0 bridgehead atoms. The first-order valence-electron chi connectivity index (χ1n) is 15.8. The summed E-state index contributed by atoms with van der Waals surface area (Å²) in [5.41, 5.74) is -0.647. The number of carbonyl (C=O) groups excluding carboxylic acids is 4. The summed E-state index contributed by atoms with van der Waals surface area (Å²) in [5.74, 6) is -9.12. The lowest BCUT2D eigenvalue weighted by Crippen LogP contribution is -2.49. The third-order valence-electron chi connectivity index (χ3n) is 10.6. The maximum atomic E-state index is 14.5. The normalized spacial score (nSPS) is 27.6. The number of rotatable bonds is 6. The average Bonchev–Trinajstić information content (AvgIpc) is 3.41. The second-order valence-corrected chi connectivity index (χ2v) is 13.7. The van der Waals surface area contributed by atoms with Crippen molar-refractivity contribution in [2.45, 2.75) is 38.5 Å². The van der Waals surface area contributed by atoms with Crippen molar-refractivity contribution in [2.24, 2.45) is 29.1 Å². The number of halogens is 5. The Kier molecular flexibility index (Phi) is 7.96. The molecule has 6 atom stereocenters. The van der Waals surface area contributed by atoms with Gasteiger partial charge < -0.3 is 14.9 Å². The van der Waals surface area contributed by atoms with E-state index < -0.39 is 82.3 Å². The predicted octanol–water partition coefficient (Wildman–Crippen LogP) is 6.26. The van der Waals surface area contributed by atoms with Crippen molar-refractivity contribution in [3.05, 3.63) is 94.3 Å². The number of hydrogen-bond acceptors (Lipinski definition) is 7. The molecule has 7 rings (SSSR count). The number of likely N-dealkylation sites (tertiary alicyclic amines) is 1. The molecule has 0 unspecified atom stereocenters. The number of phenols is 2. The number of hydrogen-bond donors (Lipinski definition) is 2. The molecule has 3 aromatic carbocycles. The van der Waals surface area contributed by atoms with Crippen LogP contribution in [0.3, 0.4) is 0 Å². The third-order valence-corrected chi connectivity index (χ3v) is 10.9. The standard InChI is InChI=1S/C36H29ClF4N2O7/c1-35-25(32(47)43(34(35)49)18-4-10-27(38)26(37)14-18)16-23-21(30(35)24-15-20(7-11-28(24)45)50-36(39,40)41)8-9-22-29(23)33(48)42(31(22)46)13-12-17-2-5-19(44)6-3-17/h2-8,10-11,14-15,22-23,25,29-30,44-45H,9,12-13,16H2,1H3/t22-,23+,25-,29-,30+,35+/m0/s1. The van der Waals surface area contributed by atoms with Crippen LogP contribution in [0.25, 0.3) is 0 Å². The Morgan fingerprint density at radius 3 is 2.34 bits per heavy atom. The maximum absolute atomic E-state index is 14.5. The molecule has 2 aliphatic heterocycles. The molecule has 3 aromatic rings. The van der Waals surface area contributed by atoms with E-state index >= 15 is 0 Å². The fourth-order valence-corrected chi connectivity index (χ4v) is 8.55. The molecule has 0 aromatic heterocycles. The lowest BCUT2D eigenvalue weighted by atomic mass is 9.51. The lowest BCUT2D eigenvalue weighted by Gasteiger charge is -2.49. The Labute approximate surface area is 287 Å². The van der Waals surface area contributed by atoms with Gasteiger partial charge in [0, 0.05) is 18.0 Å². The van der Waals surface area contributed by atoms with Gasteiger partial charge in [0.15, 0.2) is 0 Å². The highest BCUT2D eigenvalue weighted by molar-refractivity contribution is 6.31. The first-order chi connectivity index (χ1) is 23.6. The molecule has 0 radical (unpaired) electrons. The number of alkyl halides is 3. The molecular formula is C36H29ClF4N2O7. The molecule has 3 fully saturated rings. The molecule has 14 heteroatoms. The lowest BCUT2D eigenvalue weighted by molar-refractivity contribution is -0.274. The number of phenolic OH excluding ortho intramolecular Hbond substituents is 2. The molecule has 2 aliphatic carbocycles. The zero-order valence-electron chi connectivity index (χ0n) is 26.3. The summed E-state index contributed by atoms with van der Waals surface area (Å²) in [4.78, 5) is 58.6. The number of amides is 4. The van der Waals surface area contributed by atoms with E-state index in [0.717, 1.165) is 40.8 Å². The largest absolute Gasteiger partial charge is 0.573 e. The van der Waals surface area contributed by atoms with E-state index in [9.17, 15) is 47.0 Å².